The van der Waals surface area contributed by atoms with E-state index in [9.17, 15) is 0 Å². The zero-order valence-corrected chi connectivity index (χ0v) is 15.8. The van der Waals surface area contributed by atoms with Crippen LogP contribution in [0.25, 0.3) is 11.3 Å². The number of piperidine rings is 1. The molecule has 2 fully saturated rings. The van der Waals surface area contributed by atoms with Gasteiger partial charge in [-0.05, 0) is 64.6 Å². The highest BCUT2D eigenvalue weighted by Crippen LogP contribution is 2.32. The minimum absolute atomic E-state index is 0.294. The number of nitrogens with zero attached hydrogens (tertiary/aromatic N) is 6. The largest absolute Gasteiger partial charge is 0.341 e. The van der Waals surface area contributed by atoms with Crippen molar-refractivity contribution in [3.05, 3.63) is 36.8 Å². The van der Waals surface area contributed by atoms with Crippen LogP contribution in [0.1, 0.15) is 19.3 Å². The van der Waals surface area contributed by atoms with Gasteiger partial charge in [0.2, 0.25) is 5.95 Å². The van der Waals surface area contributed by atoms with Crippen molar-refractivity contribution in [2.45, 2.75) is 24.8 Å². The lowest BCUT2D eigenvalue weighted by Crippen LogP contribution is -2.58. The van der Waals surface area contributed by atoms with Crippen LogP contribution in [-0.4, -0.2) is 77.1 Å². The lowest BCUT2D eigenvalue weighted by atomic mass is 9.85. The molecule has 1 spiro atoms. The Labute approximate surface area is 155 Å². The molecule has 2 aromatic heterocycles. The van der Waals surface area contributed by atoms with E-state index >= 15 is 0 Å². The molecule has 6 nitrogen and oxygen atoms in total. The van der Waals surface area contributed by atoms with Gasteiger partial charge in [0.1, 0.15) is 0 Å². The summed E-state index contributed by atoms with van der Waals surface area (Å²) in [5.74, 6) is 0.839. The minimum Gasteiger partial charge on any atom is -0.341 e. The predicted octanol–water partition coefficient (Wildman–Crippen LogP) is 2.14. The van der Waals surface area contributed by atoms with Crippen molar-refractivity contribution in [2.24, 2.45) is 0 Å². The second-order valence-electron chi connectivity index (χ2n) is 7.71. The number of likely N-dealkylation sites (N-methyl/N-ethyl adjacent to an activating group) is 2. The fourth-order valence-electron chi connectivity index (χ4n) is 4.36. The first-order valence-electron chi connectivity index (χ1n) is 9.54. The molecule has 0 aliphatic carbocycles. The molecule has 0 unspecified atom stereocenters. The van der Waals surface area contributed by atoms with E-state index in [1.54, 1.807) is 6.20 Å². The van der Waals surface area contributed by atoms with Crippen LogP contribution in [0, 0.1) is 0 Å². The molecule has 2 aliphatic heterocycles. The Morgan fingerprint density at radius 3 is 2.62 bits per heavy atom. The van der Waals surface area contributed by atoms with E-state index in [1.807, 2.05) is 30.6 Å². The van der Waals surface area contributed by atoms with Crippen LogP contribution >= 0.6 is 0 Å². The zero-order valence-electron chi connectivity index (χ0n) is 15.8. The van der Waals surface area contributed by atoms with Gasteiger partial charge in [-0.3, -0.25) is 9.88 Å². The highest BCUT2D eigenvalue weighted by molar-refractivity contribution is 5.58. The van der Waals surface area contributed by atoms with Crippen LogP contribution < -0.4 is 4.90 Å². The number of hydrogen-bond donors (Lipinski definition) is 0. The first-order valence-corrected chi connectivity index (χ1v) is 9.54. The topological polar surface area (TPSA) is 48.4 Å². The molecule has 2 aliphatic rings. The Kier molecular flexibility index (Phi) is 4.87. The van der Waals surface area contributed by atoms with E-state index in [2.05, 4.69) is 38.8 Å². The second-order valence-corrected chi connectivity index (χ2v) is 7.71. The summed E-state index contributed by atoms with van der Waals surface area (Å²) in [6.07, 6.45) is 9.08. The van der Waals surface area contributed by atoms with Crippen molar-refractivity contribution in [1.29, 1.82) is 0 Å². The summed E-state index contributed by atoms with van der Waals surface area (Å²) in [4.78, 5) is 21.0. The van der Waals surface area contributed by atoms with Crippen LogP contribution in [0.15, 0.2) is 36.8 Å². The third kappa shape index (κ3) is 3.44. The third-order valence-corrected chi connectivity index (χ3v) is 5.98. The summed E-state index contributed by atoms with van der Waals surface area (Å²) < 4.78 is 0. The Morgan fingerprint density at radius 2 is 1.85 bits per heavy atom. The minimum atomic E-state index is 0.294. The van der Waals surface area contributed by atoms with Gasteiger partial charge < -0.3 is 9.80 Å². The molecule has 0 bridgehead atoms. The zero-order chi connectivity index (χ0) is 18.0. The summed E-state index contributed by atoms with van der Waals surface area (Å²) in [5, 5.41) is 0. The van der Waals surface area contributed by atoms with Crippen molar-refractivity contribution in [3.63, 3.8) is 0 Å². The quantitative estimate of drug-likeness (QED) is 0.825. The van der Waals surface area contributed by atoms with Gasteiger partial charge in [0.15, 0.2) is 0 Å². The normalized spacial score (nSPS) is 21.7. The van der Waals surface area contributed by atoms with Crippen LogP contribution in [0.2, 0.25) is 0 Å². The lowest BCUT2D eigenvalue weighted by Gasteiger charge is -2.47. The van der Waals surface area contributed by atoms with E-state index < -0.39 is 0 Å². The maximum atomic E-state index is 4.80. The summed E-state index contributed by atoms with van der Waals surface area (Å²) in [6.45, 7) is 5.57. The van der Waals surface area contributed by atoms with Gasteiger partial charge >= 0.3 is 0 Å². The smallest absolute Gasteiger partial charge is 0.225 e. The van der Waals surface area contributed by atoms with E-state index in [0.29, 0.717) is 5.54 Å². The third-order valence-electron chi connectivity index (χ3n) is 5.98. The molecule has 2 saturated heterocycles. The van der Waals surface area contributed by atoms with E-state index in [-0.39, 0.29) is 0 Å². The van der Waals surface area contributed by atoms with Crippen molar-refractivity contribution in [3.8, 4) is 11.3 Å². The van der Waals surface area contributed by atoms with Crippen LogP contribution in [0.4, 0.5) is 5.95 Å². The number of rotatable bonds is 2. The molecular formula is C20H28N6. The molecule has 0 saturated carbocycles. The fourth-order valence-corrected chi connectivity index (χ4v) is 4.36. The molecule has 4 heterocycles. The van der Waals surface area contributed by atoms with E-state index in [4.69, 9.17) is 4.98 Å². The van der Waals surface area contributed by atoms with Gasteiger partial charge in [-0.1, -0.05) is 0 Å². The van der Waals surface area contributed by atoms with Gasteiger partial charge in [-0.25, -0.2) is 9.97 Å². The van der Waals surface area contributed by atoms with Gasteiger partial charge in [-0.2, -0.15) is 0 Å². The molecule has 138 valence electrons. The number of anilines is 1. The first kappa shape index (κ1) is 17.4. The van der Waals surface area contributed by atoms with Crippen molar-refractivity contribution in [2.75, 3.05) is 51.7 Å². The highest BCUT2D eigenvalue weighted by atomic mass is 15.3. The molecule has 0 aromatic carbocycles. The molecule has 0 radical (unpaired) electrons. The van der Waals surface area contributed by atoms with Crippen LogP contribution in [-0.2, 0) is 0 Å². The van der Waals surface area contributed by atoms with E-state index in [1.165, 1.54) is 19.5 Å². The predicted molar refractivity (Wildman–Crippen MR) is 104 cm³/mol. The Bertz CT molecular complexity index is 726. The summed E-state index contributed by atoms with van der Waals surface area (Å²) in [6, 6.07) is 5.95. The molecule has 4 rings (SSSR count). The number of aromatic nitrogens is 3. The molecule has 0 N–H and O–H groups in total. The molecule has 0 amide bonds. The number of hydrogen-bond acceptors (Lipinski definition) is 6. The Morgan fingerprint density at radius 1 is 1.00 bits per heavy atom. The monoisotopic (exact) mass is 352 g/mol. The van der Waals surface area contributed by atoms with Gasteiger partial charge in [0, 0.05) is 49.3 Å². The van der Waals surface area contributed by atoms with E-state index in [0.717, 1.165) is 49.7 Å². The molecule has 0 atom stereocenters. The fraction of sp³-hybridized carbons (Fsp3) is 0.550. The molecule has 26 heavy (non-hydrogen) atoms. The average Bonchev–Trinajstić information content (AvgIpc) is 2.82. The van der Waals surface area contributed by atoms with Gasteiger partial charge in [0.05, 0.1) is 5.69 Å². The molecule has 2 aromatic rings. The standard InChI is InChI=1S/C20H28N6/c1-24-11-4-12-25(2)20(16-24)7-13-26(14-8-20)19-22-10-6-18(23-19)17-5-3-9-21-15-17/h3,5-6,9-10,15H,4,7-8,11-14,16H2,1-2H3. The van der Waals surface area contributed by atoms with Crippen LogP contribution in [0.5, 0.6) is 0 Å². The van der Waals surface area contributed by atoms with Crippen molar-refractivity contribution in [1.82, 2.24) is 24.8 Å². The van der Waals surface area contributed by atoms with Gasteiger partial charge in [0.25, 0.3) is 0 Å². The summed E-state index contributed by atoms with van der Waals surface area (Å²) >= 11 is 0. The van der Waals surface area contributed by atoms with Crippen molar-refractivity contribution < 1.29 is 0 Å². The second kappa shape index (κ2) is 7.29. The average molecular weight is 352 g/mol. The van der Waals surface area contributed by atoms with Gasteiger partial charge in [-0.15, -0.1) is 0 Å². The Hall–Kier alpha value is -2.05. The summed E-state index contributed by atoms with van der Waals surface area (Å²) in [7, 11) is 4.56. The first-order chi connectivity index (χ1) is 12.7. The maximum Gasteiger partial charge on any atom is 0.225 e. The molecule has 6 heteroatoms. The highest BCUT2D eigenvalue weighted by Gasteiger charge is 2.40. The number of pyridine rings is 1. The summed E-state index contributed by atoms with van der Waals surface area (Å²) in [5.41, 5.74) is 2.27. The maximum absolute atomic E-state index is 4.80. The Balaban J connectivity index is 1.50. The van der Waals surface area contributed by atoms with Crippen molar-refractivity contribution >= 4 is 5.95 Å². The molecular weight excluding hydrogens is 324 g/mol. The SMILES string of the molecule is CN1CCCN(C)C2(CCN(c3nccc(-c4cccnc4)n3)CC2)C1. The van der Waals surface area contributed by atoms with Crippen LogP contribution in [0.3, 0.4) is 0 Å². The lowest BCUT2D eigenvalue weighted by molar-refractivity contribution is 0.0783.